The summed E-state index contributed by atoms with van der Waals surface area (Å²) in [4.78, 5) is 22.2. The van der Waals surface area contributed by atoms with Gasteiger partial charge in [0.25, 0.3) is 0 Å². The molecule has 0 spiro atoms. The fraction of sp³-hybridized carbons (Fsp3) is 0.933. The predicted molar refractivity (Wildman–Crippen MR) is 77.7 cm³/mol. The molecule has 3 atom stereocenters. The fourth-order valence-corrected chi connectivity index (χ4v) is 4.20. The van der Waals surface area contributed by atoms with Gasteiger partial charge in [-0.25, -0.2) is 0 Å². The van der Waals surface area contributed by atoms with Gasteiger partial charge in [0, 0.05) is 16.8 Å². The van der Waals surface area contributed by atoms with Gasteiger partial charge in [0.05, 0.1) is 26.7 Å². The van der Waals surface area contributed by atoms with Crippen molar-refractivity contribution >= 4 is 5.97 Å². The standard InChI is InChI=1S/C15H25NO6/c1-14(2)11(8-12(14)15(3)21-5-6-22-15)10(9-16(18)19)7-13(17)20-4/h10-12H,5-9H2,1-4H3/t10-,11-,12-/m1/s1. The number of hydrogen-bond acceptors (Lipinski definition) is 6. The molecule has 1 aliphatic carbocycles. The van der Waals surface area contributed by atoms with Crippen molar-refractivity contribution in [2.24, 2.45) is 23.2 Å². The third-order valence-electron chi connectivity index (χ3n) is 5.45. The summed E-state index contributed by atoms with van der Waals surface area (Å²) < 4.78 is 16.2. The number of rotatable bonds is 6. The van der Waals surface area contributed by atoms with E-state index in [9.17, 15) is 14.9 Å². The minimum absolute atomic E-state index is 0.0756. The van der Waals surface area contributed by atoms with Gasteiger partial charge >= 0.3 is 5.97 Å². The first-order valence-corrected chi connectivity index (χ1v) is 7.67. The van der Waals surface area contributed by atoms with Gasteiger partial charge in [0.2, 0.25) is 6.54 Å². The van der Waals surface area contributed by atoms with Crippen LogP contribution in [-0.4, -0.2) is 43.5 Å². The van der Waals surface area contributed by atoms with Crippen molar-refractivity contribution in [2.75, 3.05) is 26.9 Å². The Bertz CT molecular complexity index is 443. The van der Waals surface area contributed by atoms with Crippen LogP contribution >= 0.6 is 0 Å². The van der Waals surface area contributed by atoms with E-state index < -0.39 is 11.8 Å². The molecule has 0 bridgehead atoms. The van der Waals surface area contributed by atoms with E-state index in [-0.39, 0.29) is 41.1 Å². The Morgan fingerprint density at radius 1 is 1.36 bits per heavy atom. The van der Waals surface area contributed by atoms with Crippen LogP contribution in [0.25, 0.3) is 0 Å². The van der Waals surface area contributed by atoms with Crippen LogP contribution in [0.2, 0.25) is 0 Å². The lowest BCUT2D eigenvalue weighted by atomic mass is 9.48. The Hall–Kier alpha value is -1.21. The van der Waals surface area contributed by atoms with Crippen molar-refractivity contribution in [1.82, 2.24) is 0 Å². The Balaban J connectivity index is 2.09. The second-order valence-electron chi connectivity index (χ2n) is 6.98. The maximum absolute atomic E-state index is 11.6. The third kappa shape index (κ3) is 3.10. The van der Waals surface area contributed by atoms with Crippen LogP contribution in [0.1, 0.15) is 33.6 Å². The van der Waals surface area contributed by atoms with E-state index in [1.54, 1.807) is 0 Å². The minimum Gasteiger partial charge on any atom is -0.469 e. The van der Waals surface area contributed by atoms with E-state index in [2.05, 4.69) is 18.6 Å². The summed E-state index contributed by atoms with van der Waals surface area (Å²) in [6, 6.07) is 0. The number of carbonyl (C=O) groups is 1. The van der Waals surface area contributed by atoms with Crippen LogP contribution in [0, 0.1) is 33.3 Å². The lowest BCUT2D eigenvalue weighted by Crippen LogP contribution is -2.59. The Labute approximate surface area is 130 Å². The summed E-state index contributed by atoms with van der Waals surface area (Å²) in [6.45, 7) is 7.03. The molecule has 0 aromatic heterocycles. The van der Waals surface area contributed by atoms with E-state index >= 15 is 0 Å². The maximum Gasteiger partial charge on any atom is 0.306 e. The number of ether oxygens (including phenoxy) is 3. The van der Waals surface area contributed by atoms with E-state index in [4.69, 9.17) is 9.47 Å². The van der Waals surface area contributed by atoms with E-state index in [0.717, 1.165) is 6.42 Å². The molecule has 0 N–H and O–H groups in total. The average molecular weight is 315 g/mol. The molecule has 7 heteroatoms. The molecule has 0 aromatic carbocycles. The number of hydrogen-bond donors (Lipinski definition) is 0. The molecule has 0 radical (unpaired) electrons. The van der Waals surface area contributed by atoms with Crippen molar-refractivity contribution in [1.29, 1.82) is 0 Å². The summed E-state index contributed by atoms with van der Waals surface area (Å²) in [6.07, 6.45) is 0.843. The van der Waals surface area contributed by atoms with Crippen molar-refractivity contribution in [3.05, 3.63) is 10.1 Å². The van der Waals surface area contributed by atoms with Gasteiger partial charge in [-0.2, -0.15) is 0 Å². The van der Waals surface area contributed by atoms with Gasteiger partial charge in [-0.1, -0.05) is 13.8 Å². The molecule has 2 aliphatic rings. The number of nitrogens with zero attached hydrogens (tertiary/aromatic N) is 1. The first-order valence-electron chi connectivity index (χ1n) is 7.67. The Morgan fingerprint density at radius 2 is 1.95 bits per heavy atom. The normalized spacial score (nSPS) is 30.4. The van der Waals surface area contributed by atoms with Gasteiger partial charge in [-0.05, 0) is 24.7 Å². The quantitative estimate of drug-likeness (QED) is 0.422. The minimum atomic E-state index is -0.621. The third-order valence-corrected chi connectivity index (χ3v) is 5.45. The van der Waals surface area contributed by atoms with Gasteiger partial charge in [-0.3, -0.25) is 14.9 Å². The highest BCUT2D eigenvalue weighted by Crippen LogP contribution is 2.60. The van der Waals surface area contributed by atoms with E-state index in [0.29, 0.717) is 13.2 Å². The number of esters is 1. The summed E-state index contributed by atoms with van der Waals surface area (Å²) in [5.41, 5.74) is -0.187. The Kier molecular flexibility index (Phi) is 4.77. The van der Waals surface area contributed by atoms with Crippen molar-refractivity contribution in [3.8, 4) is 0 Å². The van der Waals surface area contributed by atoms with Crippen LogP contribution in [-0.2, 0) is 19.0 Å². The average Bonchev–Trinajstić information content (AvgIpc) is 2.83. The first-order chi connectivity index (χ1) is 10.2. The molecule has 0 unspecified atom stereocenters. The molecule has 1 aliphatic heterocycles. The molecular weight excluding hydrogens is 290 g/mol. The second kappa shape index (κ2) is 6.12. The van der Waals surface area contributed by atoms with Crippen molar-refractivity contribution in [2.45, 2.75) is 39.4 Å². The molecule has 2 rings (SSSR count). The molecule has 7 nitrogen and oxygen atoms in total. The van der Waals surface area contributed by atoms with Crippen LogP contribution in [0.5, 0.6) is 0 Å². The largest absolute Gasteiger partial charge is 0.469 e. The van der Waals surface area contributed by atoms with Crippen LogP contribution in [0.4, 0.5) is 0 Å². The number of methoxy groups -OCH3 is 1. The highest BCUT2D eigenvalue weighted by Gasteiger charge is 2.60. The SMILES string of the molecule is COC(=O)C[C@H](C[N+](=O)[O-])[C@H]1C[C@@H](C2(C)OCCO2)C1(C)C. The number of carbonyl (C=O) groups excluding carboxylic acids is 1. The first kappa shape index (κ1) is 17.1. The molecule has 126 valence electrons. The van der Waals surface area contributed by atoms with Crippen LogP contribution < -0.4 is 0 Å². The molecule has 0 amide bonds. The predicted octanol–water partition coefficient (Wildman–Crippen LogP) is 1.87. The highest BCUT2D eigenvalue weighted by molar-refractivity contribution is 5.69. The zero-order valence-electron chi connectivity index (χ0n) is 13.7. The monoisotopic (exact) mass is 315 g/mol. The lowest BCUT2D eigenvalue weighted by molar-refractivity contribution is -0.493. The second-order valence-corrected chi connectivity index (χ2v) is 6.98. The van der Waals surface area contributed by atoms with Crippen LogP contribution in [0.3, 0.4) is 0 Å². The maximum atomic E-state index is 11.6. The van der Waals surface area contributed by atoms with Crippen molar-refractivity contribution < 1.29 is 23.9 Å². The van der Waals surface area contributed by atoms with Gasteiger partial charge in [0.1, 0.15) is 0 Å². The Morgan fingerprint density at radius 3 is 2.41 bits per heavy atom. The van der Waals surface area contributed by atoms with E-state index in [1.807, 2.05) is 6.92 Å². The van der Waals surface area contributed by atoms with Crippen molar-refractivity contribution in [3.63, 3.8) is 0 Å². The molecule has 1 heterocycles. The lowest BCUT2D eigenvalue weighted by Gasteiger charge is -2.58. The van der Waals surface area contributed by atoms with Gasteiger partial charge in [0.15, 0.2) is 5.79 Å². The number of nitro groups is 1. The molecule has 22 heavy (non-hydrogen) atoms. The molecule has 2 fully saturated rings. The smallest absolute Gasteiger partial charge is 0.306 e. The van der Waals surface area contributed by atoms with Gasteiger partial charge in [-0.15, -0.1) is 0 Å². The molecular formula is C15H25NO6. The van der Waals surface area contributed by atoms with Crippen LogP contribution in [0.15, 0.2) is 0 Å². The summed E-state index contributed by atoms with van der Waals surface area (Å²) in [5.74, 6) is -1.10. The topological polar surface area (TPSA) is 87.9 Å². The zero-order valence-corrected chi connectivity index (χ0v) is 13.7. The summed E-state index contributed by atoms with van der Waals surface area (Å²) in [5, 5.41) is 10.9. The summed E-state index contributed by atoms with van der Waals surface area (Å²) >= 11 is 0. The highest BCUT2D eigenvalue weighted by atomic mass is 16.7. The van der Waals surface area contributed by atoms with E-state index in [1.165, 1.54) is 7.11 Å². The molecule has 1 saturated heterocycles. The molecule has 0 aromatic rings. The molecule has 1 saturated carbocycles. The summed E-state index contributed by atoms with van der Waals surface area (Å²) in [7, 11) is 1.31. The zero-order chi connectivity index (χ0) is 16.5. The van der Waals surface area contributed by atoms with Gasteiger partial charge < -0.3 is 14.2 Å². The fourth-order valence-electron chi connectivity index (χ4n) is 4.20.